The minimum absolute atomic E-state index is 0.0839. The molecule has 1 atom stereocenters. The highest BCUT2D eigenvalue weighted by molar-refractivity contribution is 5.70. The number of esters is 1. The van der Waals surface area contributed by atoms with Crippen LogP contribution in [0.25, 0.3) is 0 Å². The third-order valence-electron chi connectivity index (χ3n) is 2.55. The van der Waals surface area contributed by atoms with Crippen molar-refractivity contribution in [2.45, 2.75) is 38.6 Å². The van der Waals surface area contributed by atoms with Crippen LogP contribution in [-0.4, -0.2) is 38.4 Å². The Balaban J connectivity index is 1.93. The fourth-order valence-corrected chi connectivity index (χ4v) is 1.75. The molecule has 0 saturated carbocycles. The Kier molecular flexibility index (Phi) is 6.36. The van der Waals surface area contributed by atoms with Crippen molar-refractivity contribution in [2.24, 2.45) is 0 Å². The maximum atomic E-state index is 10.9. The molecule has 1 saturated heterocycles. The molecule has 1 rings (SSSR count). The van der Waals surface area contributed by atoms with Crippen LogP contribution in [0.3, 0.4) is 0 Å². The molecule has 1 aliphatic rings. The van der Waals surface area contributed by atoms with E-state index < -0.39 is 0 Å². The lowest BCUT2D eigenvalue weighted by Gasteiger charge is -2.23. The zero-order chi connectivity index (χ0) is 10.9. The van der Waals surface area contributed by atoms with Crippen LogP contribution in [0, 0.1) is 0 Å². The van der Waals surface area contributed by atoms with E-state index in [0.717, 1.165) is 13.0 Å². The third kappa shape index (κ3) is 5.74. The van der Waals surface area contributed by atoms with Gasteiger partial charge in [-0.25, -0.2) is 4.79 Å². The largest absolute Gasteiger partial charge is 0.464 e. The summed E-state index contributed by atoms with van der Waals surface area (Å²) in [5.41, 5.74) is 0. The number of hydrogen-bond donors (Lipinski definition) is 1. The Morgan fingerprint density at radius 1 is 1.47 bits per heavy atom. The number of carbonyl (C=O) groups excluding carboxylic acids is 1. The second-order valence-electron chi connectivity index (χ2n) is 3.79. The number of nitrogens with one attached hydrogen (secondary N) is 1. The topological polar surface area (TPSA) is 47.6 Å². The van der Waals surface area contributed by atoms with Gasteiger partial charge < -0.3 is 14.8 Å². The molecule has 4 nitrogen and oxygen atoms in total. The lowest BCUT2D eigenvalue weighted by atomic mass is 10.0. The molecule has 0 spiro atoms. The molecule has 1 fully saturated rings. The molecule has 15 heavy (non-hydrogen) atoms. The first-order chi connectivity index (χ1) is 7.33. The Hall–Kier alpha value is -0.610. The van der Waals surface area contributed by atoms with Gasteiger partial charge in [0.2, 0.25) is 0 Å². The van der Waals surface area contributed by atoms with Crippen molar-refractivity contribution >= 4 is 5.97 Å². The van der Waals surface area contributed by atoms with Crippen molar-refractivity contribution in [3.63, 3.8) is 0 Å². The van der Waals surface area contributed by atoms with Crippen LogP contribution in [-0.2, 0) is 14.3 Å². The zero-order valence-electron chi connectivity index (χ0n) is 9.46. The molecule has 0 radical (unpaired) electrons. The first-order valence-electron chi connectivity index (χ1n) is 5.79. The quantitative estimate of drug-likeness (QED) is 0.532. The zero-order valence-corrected chi connectivity index (χ0v) is 9.46. The second kappa shape index (κ2) is 7.65. The second-order valence-corrected chi connectivity index (χ2v) is 3.79. The van der Waals surface area contributed by atoms with E-state index in [1.807, 2.05) is 0 Å². The van der Waals surface area contributed by atoms with E-state index in [1.54, 1.807) is 6.92 Å². The van der Waals surface area contributed by atoms with E-state index in [0.29, 0.717) is 19.3 Å². The van der Waals surface area contributed by atoms with E-state index >= 15 is 0 Å². The summed E-state index contributed by atoms with van der Waals surface area (Å²) in [7, 11) is 0. The van der Waals surface area contributed by atoms with E-state index in [4.69, 9.17) is 9.47 Å². The van der Waals surface area contributed by atoms with E-state index in [-0.39, 0.29) is 12.6 Å². The highest BCUT2D eigenvalue weighted by atomic mass is 16.6. The van der Waals surface area contributed by atoms with Gasteiger partial charge >= 0.3 is 5.97 Å². The summed E-state index contributed by atoms with van der Waals surface area (Å²) in [6.45, 7) is 4.05. The SMILES string of the molecule is CCOC(=O)COCCC1CCCCN1. The molecule has 0 aromatic heterocycles. The molecule has 0 bridgehead atoms. The Bertz CT molecular complexity index is 179. The average Bonchev–Trinajstić information content (AvgIpc) is 2.26. The third-order valence-corrected chi connectivity index (χ3v) is 2.55. The van der Waals surface area contributed by atoms with Crippen molar-refractivity contribution in [1.29, 1.82) is 0 Å². The number of rotatable bonds is 6. The number of piperidine rings is 1. The van der Waals surface area contributed by atoms with Crippen molar-refractivity contribution in [2.75, 3.05) is 26.4 Å². The molecule has 1 unspecified atom stereocenters. The Morgan fingerprint density at radius 2 is 2.33 bits per heavy atom. The monoisotopic (exact) mass is 215 g/mol. The molecule has 1 N–H and O–H groups in total. The van der Waals surface area contributed by atoms with Crippen molar-refractivity contribution in [1.82, 2.24) is 5.32 Å². The number of hydrogen-bond acceptors (Lipinski definition) is 4. The van der Waals surface area contributed by atoms with Gasteiger partial charge in [-0.2, -0.15) is 0 Å². The van der Waals surface area contributed by atoms with Crippen LogP contribution in [0.1, 0.15) is 32.6 Å². The molecule has 0 aromatic rings. The maximum absolute atomic E-state index is 10.9. The van der Waals surface area contributed by atoms with Gasteiger partial charge in [0.1, 0.15) is 6.61 Å². The van der Waals surface area contributed by atoms with Gasteiger partial charge in [0.05, 0.1) is 6.61 Å². The molecule has 4 heteroatoms. The van der Waals surface area contributed by atoms with E-state index in [2.05, 4.69) is 5.32 Å². The Labute approximate surface area is 91.3 Å². The maximum Gasteiger partial charge on any atom is 0.332 e. The fraction of sp³-hybridized carbons (Fsp3) is 0.909. The van der Waals surface area contributed by atoms with Crippen molar-refractivity contribution < 1.29 is 14.3 Å². The smallest absolute Gasteiger partial charge is 0.332 e. The molecule has 0 aromatic carbocycles. The summed E-state index contributed by atoms with van der Waals surface area (Å²) < 4.78 is 9.99. The van der Waals surface area contributed by atoms with Gasteiger partial charge in [-0.1, -0.05) is 6.42 Å². The lowest BCUT2D eigenvalue weighted by Crippen LogP contribution is -2.34. The van der Waals surface area contributed by atoms with Gasteiger partial charge in [-0.15, -0.1) is 0 Å². The standard InChI is InChI=1S/C11H21NO3/c1-2-15-11(13)9-14-8-6-10-5-3-4-7-12-10/h10,12H,2-9H2,1H3. The molecule has 1 aliphatic heterocycles. The fourth-order valence-electron chi connectivity index (χ4n) is 1.75. The molecular weight excluding hydrogens is 194 g/mol. The lowest BCUT2D eigenvalue weighted by molar-refractivity contribution is -0.148. The highest BCUT2D eigenvalue weighted by Crippen LogP contribution is 2.09. The van der Waals surface area contributed by atoms with Crippen LogP contribution in [0.15, 0.2) is 0 Å². The molecule has 0 aliphatic carbocycles. The van der Waals surface area contributed by atoms with Crippen LogP contribution >= 0.6 is 0 Å². The van der Waals surface area contributed by atoms with Crippen LogP contribution in [0.4, 0.5) is 0 Å². The summed E-state index contributed by atoms with van der Waals surface area (Å²) >= 11 is 0. The van der Waals surface area contributed by atoms with Gasteiger partial charge in [0.15, 0.2) is 0 Å². The van der Waals surface area contributed by atoms with Gasteiger partial charge in [-0.05, 0) is 32.7 Å². The normalized spacial score (nSPS) is 21.3. The predicted molar refractivity (Wildman–Crippen MR) is 57.7 cm³/mol. The molecule has 88 valence electrons. The predicted octanol–water partition coefficient (Wildman–Crippen LogP) is 1.10. The number of carbonyl (C=O) groups is 1. The first-order valence-corrected chi connectivity index (χ1v) is 5.79. The van der Waals surface area contributed by atoms with Gasteiger partial charge in [-0.3, -0.25) is 0 Å². The molecular formula is C11H21NO3. The van der Waals surface area contributed by atoms with Crippen LogP contribution < -0.4 is 5.32 Å². The van der Waals surface area contributed by atoms with Gasteiger partial charge in [0.25, 0.3) is 0 Å². The van der Waals surface area contributed by atoms with Crippen LogP contribution in [0.2, 0.25) is 0 Å². The van der Waals surface area contributed by atoms with Crippen LogP contribution in [0.5, 0.6) is 0 Å². The molecule has 1 heterocycles. The summed E-state index contributed by atoms with van der Waals surface area (Å²) in [5, 5.41) is 3.44. The minimum Gasteiger partial charge on any atom is -0.464 e. The first kappa shape index (κ1) is 12.5. The van der Waals surface area contributed by atoms with Gasteiger partial charge in [0, 0.05) is 12.6 Å². The summed E-state index contributed by atoms with van der Waals surface area (Å²) in [4.78, 5) is 10.9. The summed E-state index contributed by atoms with van der Waals surface area (Å²) in [6.07, 6.45) is 4.79. The molecule has 0 amide bonds. The number of ether oxygens (including phenoxy) is 2. The van der Waals surface area contributed by atoms with Crippen molar-refractivity contribution in [3.05, 3.63) is 0 Å². The van der Waals surface area contributed by atoms with E-state index in [1.165, 1.54) is 19.3 Å². The Morgan fingerprint density at radius 3 is 3.00 bits per heavy atom. The highest BCUT2D eigenvalue weighted by Gasteiger charge is 2.12. The minimum atomic E-state index is -0.269. The van der Waals surface area contributed by atoms with E-state index in [9.17, 15) is 4.79 Å². The average molecular weight is 215 g/mol. The summed E-state index contributed by atoms with van der Waals surface area (Å²) in [5.74, 6) is -0.269. The van der Waals surface area contributed by atoms with Crippen molar-refractivity contribution in [3.8, 4) is 0 Å². The summed E-state index contributed by atoms with van der Waals surface area (Å²) in [6, 6.07) is 0.570.